The van der Waals surface area contributed by atoms with Crippen molar-refractivity contribution in [2.75, 3.05) is 6.61 Å². The van der Waals surface area contributed by atoms with Gasteiger partial charge in [0, 0.05) is 12.5 Å². The van der Waals surface area contributed by atoms with E-state index >= 15 is 0 Å². The van der Waals surface area contributed by atoms with Gasteiger partial charge in [-0.05, 0) is 92.1 Å². The van der Waals surface area contributed by atoms with Gasteiger partial charge in [0.05, 0.1) is 12.7 Å². The van der Waals surface area contributed by atoms with Crippen molar-refractivity contribution in [1.82, 2.24) is 0 Å². The summed E-state index contributed by atoms with van der Waals surface area (Å²) in [5, 5.41) is 0. The number of fused-ring (bicyclic) bond motifs is 5. The molecule has 0 radical (unpaired) electrons. The molecule has 5 unspecified atom stereocenters. The summed E-state index contributed by atoms with van der Waals surface area (Å²) in [6.45, 7) is 9.38. The minimum absolute atomic E-state index is 0.134. The average molecular weight is 415 g/mol. The summed E-state index contributed by atoms with van der Waals surface area (Å²) in [7, 11) is 0. The third kappa shape index (κ3) is 4.04. The molecule has 0 aromatic heterocycles. The number of allylic oxidation sites excluding steroid dienone is 2. The van der Waals surface area contributed by atoms with Crippen LogP contribution in [-0.4, -0.2) is 30.6 Å². The first-order valence-corrected chi connectivity index (χ1v) is 12.1. The van der Waals surface area contributed by atoms with Crippen molar-refractivity contribution in [1.29, 1.82) is 0 Å². The zero-order valence-electron chi connectivity index (χ0n) is 19.0. The van der Waals surface area contributed by atoms with Crippen LogP contribution in [0.5, 0.6) is 0 Å². The summed E-state index contributed by atoms with van der Waals surface area (Å²) in [5.74, 6) is 3.46. The fourth-order valence-electron chi connectivity index (χ4n) is 7.29. The standard InChI is InChI=1S/C26H38O4/c1-5-29-23(28)13-7-17(3)20-10-11-21-24-19(14-15-26(20,21)4)16(2)6-8-18(27)9-12-22-25(24)30-22/h7,9,12-13,16-17,19-22,24-25H,5-6,8,10-11,14-15H2,1-4H3/b12-9+,13-7+/t16?,17-,19?,20-,21?,22?,24?,25+,26-/m1/s1. The molecule has 0 bridgehead atoms. The van der Waals surface area contributed by atoms with Gasteiger partial charge >= 0.3 is 5.97 Å². The van der Waals surface area contributed by atoms with Gasteiger partial charge in [0.15, 0.2) is 5.78 Å². The van der Waals surface area contributed by atoms with Crippen LogP contribution in [0.4, 0.5) is 0 Å². The van der Waals surface area contributed by atoms with Crippen LogP contribution in [0.3, 0.4) is 0 Å². The largest absolute Gasteiger partial charge is 0.463 e. The molecule has 2 saturated carbocycles. The molecular weight excluding hydrogens is 376 g/mol. The van der Waals surface area contributed by atoms with E-state index in [4.69, 9.17) is 9.47 Å². The van der Waals surface area contributed by atoms with Crippen molar-refractivity contribution in [2.24, 2.45) is 40.9 Å². The summed E-state index contributed by atoms with van der Waals surface area (Å²) in [6.07, 6.45) is 14.5. The molecule has 1 aliphatic heterocycles. The number of carbonyl (C=O) groups is 2. The van der Waals surface area contributed by atoms with E-state index in [0.29, 0.717) is 54.0 Å². The number of hydrogen-bond donors (Lipinski definition) is 0. The molecule has 0 aromatic rings. The maximum atomic E-state index is 12.1. The van der Waals surface area contributed by atoms with E-state index in [-0.39, 0.29) is 24.0 Å². The Balaban J connectivity index is 1.54. The Hall–Kier alpha value is -1.42. The van der Waals surface area contributed by atoms with Crippen LogP contribution in [0.25, 0.3) is 0 Å². The van der Waals surface area contributed by atoms with E-state index < -0.39 is 0 Å². The van der Waals surface area contributed by atoms with E-state index in [1.165, 1.54) is 25.7 Å². The van der Waals surface area contributed by atoms with Gasteiger partial charge in [-0.2, -0.15) is 0 Å². The minimum Gasteiger partial charge on any atom is -0.463 e. The quantitative estimate of drug-likeness (QED) is 0.364. The summed E-state index contributed by atoms with van der Waals surface area (Å²) < 4.78 is 11.2. The molecule has 1 heterocycles. The summed E-state index contributed by atoms with van der Waals surface area (Å²) >= 11 is 0. The van der Waals surface area contributed by atoms with Gasteiger partial charge in [-0.25, -0.2) is 4.79 Å². The van der Waals surface area contributed by atoms with Crippen LogP contribution in [0.1, 0.15) is 66.2 Å². The molecule has 1 saturated heterocycles. The first-order chi connectivity index (χ1) is 14.3. The van der Waals surface area contributed by atoms with Crippen LogP contribution < -0.4 is 0 Å². The van der Waals surface area contributed by atoms with E-state index in [2.05, 4.69) is 26.8 Å². The zero-order valence-corrected chi connectivity index (χ0v) is 19.0. The number of ketones is 1. The first kappa shape index (κ1) is 21.8. The molecule has 0 amide bonds. The number of hydrogen-bond acceptors (Lipinski definition) is 4. The molecule has 4 heteroatoms. The smallest absolute Gasteiger partial charge is 0.330 e. The molecule has 166 valence electrons. The van der Waals surface area contributed by atoms with Gasteiger partial charge in [-0.1, -0.05) is 26.8 Å². The maximum absolute atomic E-state index is 12.1. The molecule has 3 aliphatic carbocycles. The highest BCUT2D eigenvalue weighted by atomic mass is 16.6. The summed E-state index contributed by atoms with van der Waals surface area (Å²) in [6, 6.07) is 0. The second-order valence-corrected chi connectivity index (χ2v) is 10.5. The molecule has 0 spiro atoms. The van der Waals surface area contributed by atoms with E-state index in [9.17, 15) is 9.59 Å². The lowest BCUT2D eigenvalue weighted by molar-refractivity contribution is -0.137. The minimum atomic E-state index is -0.232. The summed E-state index contributed by atoms with van der Waals surface area (Å²) in [4.78, 5) is 23.9. The third-order valence-electron chi connectivity index (χ3n) is 8.90. The molecule has 30 heavy (non-hydrogen) atoms. The summed E-state index contributed by atoms with van der Waals surface area (Å²) in [5.41, 5.74) is 0.291. The monoisotopic (exact) mass is 414 g/mol. The van der Waals surface area contributed by atoms with Crippen molar-refractivity contribution in [2.45, 2.75) is 78.4 Å². The van der Waals surface area contributed by atoms with E-state index in [1.54, 1.807) is 12.2 Å². The fourth-order valence-corrected chi connectivity index (χ4v) is 7.29. The first-order valence-electron chi connectivity index (χ1n) is 12.1. The van der Waals surface area contributed by atoms with Crippen LogP contribution in [0.2, 0.25) is 0 Å². The SMILES string of the molecule is CCOC(=O)/C=C/[C@@H](C)[C@H]1CCC2C3C(CC[C@@]21C)C(C)CCC(=O)/C=C/C1O[C@@H]13. The Kier molecular flexibility index (Phi) is 6.25. The molecule has 4 rings (SSSR count). The van der Waals surface area contributed by atoms with Crippen molar-refractivity contribution < 1.29 is 19.1 Å². The Bertz CT molecular complexity index is 725. The Morgan fingerprint density at radius 3 is 2.90 bits per heavy atom. The van der Waals surface area contributed by atoms with Gasteiger partial charge in [0.25, 0.3) is 0 Å². The number of rotatable bonds is 4. The van der Waals surface area contributed by atoms with Gasteiger partial charge in [0.1, 0.15) is 6.10 Å². The Morgan fingerprint density at radius 1 is 1.33 bits per heavy atom. The fraction of sp³-hybridized carbons (Fsp3) is 0.769. The van der Waals surface area contributed by atoms with Crippen LogP contribution >= 0.6 is 0 Å². The van der Waals surface area contributed by atoms with Crippen molar-refractivity contribution in [3.8, 4) is 0 Å². The second-order valence-electron chi connectivity index (χ2n) is 10.5. The highest BCUT2D eigenvalue weighted by Crippen LogP contribution is 2.64. The maximum Gasteiger partial charge on any atom is 0.330 e. The Morgan fingerprint density at radius 2 is 2.13 bits per heavy atom. The number of esters is 1. The topological polar surface area (TPSA) is 55.9 Å². The highest BCUT2D eigenvalue weighted by molar-refractivity contribution is 5.89. The average Bonchev–Trinajstić information content (AvgIpc) is 3.40. The van der Waals surface area contributed by atoms with Gasteiger partial charge < -0.3 is 9.47 Å². The molecular formula is C26H38O4. The van der Waals surface area contributed by atoms with Crippen molar-refractivity contribution in [3.63, 3.8) is 0 Å². The van der Waals surface area contributed by atoms with Crippen molar-refractivity contribution >= 4 is 11.8 Å². The highest BCUT2D eigenvalue weighted by Gasteiger charge is 2.60. The molecule has 4 aliphatic rings. The number of epoxide rings is 1. The predicted molar refractivity (Wildman–Crippen MR) is 117 cm³/mol. The molecule has 0 N–H and O–H groups in total. The number of carbonyl (C=O) groups excluding carboxylic acids is 2. The lowest BCUT2D eigenvalue weighted by Crippen LogP contribution is -2.46. The van der Waals surface area contributed by atoms with Crippen LogP contribution in [0.15, 0.2) is 24.3 Å². The molecule has 3 fully saturated rings. The lowest BCUT2D eigenvalue weighted by atomic mass is 9.53. The normalized spacial score (nSPS) is 45.2. The third-order valence-corrected chi connectivity index (χ3v) is 8.90. The lowest BCUT2D eigenvalue weighted by Gasteiger charge is -2.51. The van der Waals surface area contributed by atoms with Crippen LogP contribution in [0, 0.1) is 40.9 Å². The van der Waals surface area contributed by atoms with E-state index in [0.717, 1.165) is 6.42 Å². The number of ether oxygens (including phenoxy) is 2. The van der Waals surface area contributed by atoms with Gasteiger partial charge in [-0.15, -0.1) is 0 Å². The van der Waals surface area contributed by atoms with Gasteiger partial charge in [0.2, 0.25) is 0 Å². The van der Waals surface area contributed by atoms with Crippen LogP contribution in [-0.2, 0) is 19.1 Å². The second kappa shape index (κ2) is 8.61. The predicted octanol–water partition coefficient (Wildman–Crippen LogP) is 5.12. The van der Waals surface area contributed by atoms with E-state index in [1.807, 2.05) is 13.0 Å². The molecule has 0 aromatic carbocycles. The van der Waals surface area contributed by atoms with Gasteiger partial charge in [-0.3, -0.25) is 4.79 Å². The zero-order chi connectivity index (χ0) is 21.5. The molecule has 4 nitrogen and oxygen atoms in total. The van der Waals surface area contributed by atoms with Crippen molar-refractivity contribution in [3.05, 3.63) is 24.3 Å². The molecule has 9 atom stereocenters. The Labute approximate surface area is 181 Å².